The summed E-state index contributed by atoms with van der Waals surface area (Å²) >= 11 is 12.3. The zero-order chi connectivity index (χ0) is 26.3. The van der Waals surface area contributed by atoms with Crippen molar-refractivity contribution in [3.05, 3.63) is 58.1 Å². The Kier molecular flexibility index (Phi) is 10.2. The molecule has 0 aliphatic heterocycles. The Labute approximate surface area is 217 Å². The monoisotopic (exact) mass is 543 g/mol. The lowest BCUT2D eigenvalue weighted by atomic mass is 10.1. The molecule has 0 saturated carbocycles. The van der Waals surface area contributed by atoms with E-state index in [1.54, 1.807) is 56.3 Å². The predicted octanol–water partition coefficient (Wildman–Crippen LogP) is 4.10. The summed E-state index contributed by atoms with van der Waals surface area (Å²) in [6.45, 7) is 6.74. The average Bonchev–Trinajstić information content (AvgIpc) is 2.76. The number of carbonyl (C=O) groups is 2. The Bertz CT molecular complexity index is 1160. The molecule has 0 fully saturated rings. The second-order valence-electron chi connectivity index (χ2n) is 8.27. The van der Waals surface area contributed by atoms with Crippen LogP contribution < -0.4 is 14.4 Å². The number of para-hydroxylation sites is 2. The number of benzene rings is 2. The molecule has 8 nitrogen and oxygen atoms in total. The summed E-state index contributed by atoms with van der Waals surface area (Å²) in [5.74, 6) is -0.635. The zero-order valence-electron chi connectivity index (χ0n) is 20.4. The summed E-state index contributed by atoms with van der Waals surface area (Å²) in [4.78, 5) is 27.7. The van der Waals surface area contributed by atoms with Gasteiger partial charge in [-0.3, -0.25) is 13.9 Å². The molecule has 1 atom stereocenters. The lowest BCUT2D eigenvalue weighted by Gasteiger charge is -2.32. The average molecular weight is 545 g/mol. The number of rotatable bonds is 11. The van der Waals surface area contributed by atoms with Crippen LogP contribution in [0.5, 0.6) is 5.75 Å². The molecule has 1 N–H and O–H groups in total. The molecular weight excluding hydrogens is 513 g/mol. The molecule has 0 radical (unpaired) electrons. The first kappa shape index (κ1) is 28.7. The molecule has 0 heterocycles. The van der Waals surface area contributed by atoms with Gasteiger partial charge in [-0.1, -0.05) is 41.4 Å². The van der Waals surface area contributed by atoms with Crippen LogP contribution in [0.25, 0.3) is 0 Å². The van der Waals surface area contributed by atoms with Crippen molar-refractivity contribution in [1.29, 1.82) is 0 Å². The molecule has 0 aromatic heterocycles. The molecule has 0 aliphatic carbocycles. The van der Waals surface area contributed by atoms with Crippen LogP contribution in [-0.2, 0) is 26.2 Å². The maximum Gasteiger partial charge on any atom is 0.244 e. The summed E-state index contributed by atoms with van der Waals surface area (Å²) in [5.41, 5.74) is 0.795. The second kappa shape index (κ2) is 12.5. The third kappa shape index (κ3) is 8.02. The molecule has 0 bridgehead atoms. The summed E-state index contributed by atoms with van der Waals surface area (Å²) in [7, 11) is -3.88. The number of nitrogens with one attached hydrogen (secondary N) is 1. The fourth-order valence-corrected chi connectivity index (χ4v) is 4.68. The zero-order valence-corrected chi connectivity index (χ0v) is 22.7. The Balaban J connectivity index is 2.47. The molecule has 0 spiro atoms. The molecular formula is C24H31Cl2N3O5S. The van der Waals surface area contributed by atoms with E-state index in [9.17, 15) is 18.0 Å². The van der Waals surface area contributed by atoms with Crippen molar-refractivity contribution in [3.63, 3.8) is 0 Å². The summed E-state index contributed by atoms with van der Waals surface area (Å²) in [5, 5.41) is 3.55. The van der Waals surface area contributed by atoms with E-state index in [0.717, 1.165) is 10.6 Å². The molecule has 0 unspecified atom stereocenters. The molecule has 0 aliphatic rings. The van der Waals surface area contributed by atoms with Crippen LogP contribution in [0.2, 0.25) is 10.0 Å². The lowest BCUT2D eigenvalue weighted by molar-refractivity contribution is -0.139. The molecule has 2 aromatic rings. The number of sulfonamides is 1. The van der Waals surface area contributed by atoms with Gasteiger partial charge in [-0.25, -0.2) is 8.42 Å². The summed E-state index contributed by atoms with van der Waals surface area (Å²) in [6, 6.07) is 10.4. The molecule has 2 rings (SSSR count). The van der Waals surface area contributed by atoms with Crippen LogP contribution in [0.1, 0.15) is 33.3 Å². The Morgan fingerprint density at radius 1 is 1.09 bits per heavy atom. The first-order chi connectivity index (χ1) is 16.3. The van der Waals surface area contributed by atoms with Gasteiger partial charge in [0.15, 0.2) is 0 Å². The van der Waals surface area contributed by atoms with E-state index < -0.39 is 28.5 Å². The van der Waals surface area contributed by atoms with Gasteiger partial charge in [0.1, 0.15) is 18.3 Å². The number of anilines is 1. The quantitative estimate of drug-likeness (QED) is 0.460. The number of hydrogen-bond donors (Lipinski definition) is 1. The molecule has 2 amide bonds. The Morgan fingerprint density at radius 3 is 2.31 bits per heavy atom. The third-order valence-corrected chi connectivity index (χ3v) is 6.78. The van der Waals surface area contributed by atoms with E-state index in [1.807, 2.05) is 13.8 Å². The highest BCUT2D eigenvalue weighted by Crippen LogP contribution is 2.30. The second-order valence-corrected chi connectivity index (χ2v) is 11.0. The minimum atomic E-state index is -3.88. The number of nitrogens with zero attached hydrogens (tertiary/aromatic N) is 2. The number of ether oxygens (including phenoxy) is 1. The smallest absolute Gasteiger partial charge is 0.244 e. The molecule has 192 valence electrons. The van der Waals surface area contributed by atoms with Crippen LogP contribution in [0.15, 0.2) is 42.5 Å². The van der Waals surface area contributed by atoms with Gasteiger partial charge in [-0.15, -0.1) is 0 Å². The van der Waals surface area contributed by atoms with Crippen LogP contribution in [0.4, 0.5) is 5.69 Å². The van der Waals surface area contributed by atoms with Crippen molar-refractivity contribution in [1.82, 2.24) is 10.2 Å². The molecule has 35 heavy (non-hydrogen) atoms. The standard InChI is InChI=1S/C24H31Cl2N3O5S/c1-6-34-22-10-8-7-9-21(22)29(35(5,32)33)15-23(30)28(17(4)24(31)27-16(2)3)14-18-11-12-19(25)13-20(18)26/h7-13,16-17H,6,14-15H2,1-5H3,(H,27,31)/t17-/m0/s1. The van der Waals surface area contributed by atoms with Crippen LogP contribution in [0, 0.1) is 0 Å². The van der Waals surface area contributed by atoms with Crippen molar-refractivity contribution in [2.45, 2.75) is 46.3 Å². The van der Waals surface area contributed by atoms with E-state index in [4.69, 9.17) is 27.9 Å². The van der Waals surface area contributed by atoms with Gasteiger partial charge in [0.2, 0.25) is 21.8 Å². The van der Waals surface area contributed by atoms with Crippen LogP contribution in [0.3, 0.4) is 0 Å². The number of carbonyl (C=O) groups excluding carboxylic acids is 2. The largest absolute Gasteiger partial charge is 0.492 e. The van der Waals surface area contributed by atoms with Gasteiger partial charge in [-0.05, 0) is 57.5 Å². The van der Waals surface area contributed by atoms with Gasteiger partial charge in [-0.2, -0.15) is 0 Å². The highest BCUT2D eigenvalue weighted by molar-refractivity contribution is 7.92. The van der Waals surface area contributed by atoms with E-state index in [2.05, 4.69) is 5.32 Å². The molecule has 2 aromatic carbocycles. The first-order valence-corrected chi connectivity index (χ1v) is 13.7. The Hall–Kier alpha value is -2.49. The maximum atomic E-state index is 13.6. The predicted molar refractivity (Wildman–Crippen MR) is 140 cm³/mol. The van der Waals surface area contributed by atoms with E-state index in [0.29, 0.717) is 28.0 Å². The van der Waals surface area contributed by atoms with E-state index in [-0.39, 0.29) is 24.2 Å². The van der Waals surface area contributed by atoms with Crippen LogP contribution in [-0.4, -0.2) is 56.6 Å². The van der Waals surface area contributed by atoms with Crippen molar-refractivity contribution in [2.24, 2.45) is 0 Å². The minimum absolute atomic E-state index is 0.0216. The van der Waals surface area contributed by atoms with Gasteiger partial charge in [0.25, 0.3) is 0 Å². The van der Waals surface area contributed by atoms with Crippen molar-refractivity contribution >= 4 is 50.7 Å². The van der Waals surface area contributed by atoms with E-state index >= 15 is 0 Å². The first-order valence-electron chi connectivity index (χ1n) is 11.1. The summed E-state index contributed by atoms with van der Waals surface area (Å²) < 4.78 is 32.0. The number of hydrogen-bond acceptors (Lipinski definition) is 5. The van der Waals surface area contributed by atoms with Crippen molar-refractivity contribution in [3.8, 4) is 5.75 Å². The molecule has 11 heteroatoms. The minimum Gasteiger partial charge on any atom is -0.492 e. The highest BCUT2D eigenvalue weighted by Gasteiger charge is 2.31. The lowest BCUT2D eigenvalue weighted by Crippen LogP contribution is -2.52. The van der Waals surface area contributed by atoms with Gasteiger partial charge in [0.05, 0.1) is 18.6 Å². The third-order valence-electron chi connectivity index (χ3n) is 5.07. The SMILES string of the molecule is CCOc1ccccc1N(CC(=O)N(Cc1ccc(Cl)cc1Cl)[C@@H](C)C(=O)NC(C)C)S(C)(=O)=O. The fourth-order valence-electron chi connectivity index (χ4n) is 3.36. The molecule has 0 saturated heterocycles. The maximum absolute atomic E-state index is 13.6. The van der Waals surface area contributed by atoms with Gasteiger partial charge < -0.3 is 15.0 Å². The normalized spacial score (nSPS) is 12.2. The number of amides is 2. The van der Waals surface area contributed by atoms with Gasteiger partial charge >= 0.3 is 0 Å². The van der Waals surface area contributed by atoms with Crippen molar-refractivity contribution < 1.29 is 22.7 Å². The number of halogens is 2. The van der Waals surface area contributed by atoms with Crippen LogP contribution >= 0.6 is 23.2 Å². The van der Waals surface area contributed by atoms with Gasteiger partial charge in [0, 0.05) is 22.6 Å². The Morgan fingerprint density at radius 2 is 1.74 bits per heavy atom. The topological polar surface area (TPSA) is 96.0 Å². The fraction of sp³-hybridized carbons (Fsp3) is 0.417. The summed E-state index contributed by atoms with van der Waals surface area (Å²) in [6.07, 6.45) is 1.01. The van der Waals surface area contributed by atoms with E-state index in [1.165, 1.54) is 4.90 Å². The highest BCUT2D eigenvalue weighted by atomic mass is 35.5. The van der Waals surface area contributed by atoms with Crippen molar-refractivity contribution in [2.75, 3.05) is 23.7 Å².